The summed E-state index contributed by atoms with van der Waals surface area (Å²) in [4.78, 5) is 12.5. The minimum Gasteiger partial charge on any atom is -0.384 e. The lowest BCUT2D eigenvalue weighted by atomic mass is 9.98. The highest BCUT2D eigenvalue weighted by atomic mass is 16.5. The van der Waals surface area contributed by atoms with Gasteiger partial charge >= 0.3 is 0 Å². The number of nitrogen functional groups attached to an aromatic ring is 2. The minimum atomic E-state index is -1.50. The zero-order valence-electron chi connectivity index (χ0n) is 17.0. The van der Waals surface area contributed by atoms with Crippen molar-refractivity contribution in [1.29, 1.82) is 0 Å². The van der Waals surface area contributed by atoms with Crippen molar-refractivity contribution in [2.45, 2.75) is 57.8 Å². The van der Waals surface area contributed by atoms with E-state index in [4.69, 9.17) is 21.7 Å². The van der Waals surface area contributed by atoms with Gasteiger partial charge in [-0.2, -0.15) is 0 Å². The molecule has 2 unspecified atom stereocenters. The normalized spacial score (nSPS) is 19.2. The van der Waals surface area contributed by atoms with Crippen molar-refractivity contribution < 1.29 is 10.2 Å². The molecule has 156 valence electrons. The highest BCUT2D eigenvalue weighted by Gasteiger charge is 2.26. The number of hydrogen-bond acceptors (Lipinski definition) is 7. The zero-order chi connectivity index (χ0) is 21.0. The third-order valence-electron chi connectivity index (χ3n) is 5.13. The second kappa shape index (κ2) is 8.75. The Kier molecular flexibility index (Phi) is 6.34. The maximum Gasteiger partial charge on any atom is 0.156 e. The average molecular weight is 399 g/mol. The molecule has 1 aliphatic carbocycles. The Morgan fingerprint density at radius 2 is 1.90 bits per heavy atom. The summed E-state index contributed by atoms with van der Waals surface area (Å²) in [7, 11) is 0. The zero-order valence-corrected chi connectivity index (χ0v) is 17.0. The van der Waals surface area contributed by atoms with Gasteiger partial charge in [-0.15, -0.1) is 0 Å². The Bertz CT molecular complexity index is 944. The SMILES string of the molecule is CC(C)(O)O.Nc1cc(CCC2CCC(n3ccc4c(N)ncnc43)C2)ccn1. The minimum absolute atomic E-state index is 0.504. The van der Waals surface area contributed by atoms with Gasteiger partial charge in [-0.1, -0.05) is 0 Å². The molecule has 1 aliphatic rings. The molecule has 0 saturated heterocycles. The predicted molar refractivity (Wildman–Crippen MR) is 114 cm³/mol. The van der Waals surface area contributed by atoms with Gasteiger partial charge in [0.05, 0.1) is 5.39 Å². The van der Waals surface area contributed by atoms with E-state index >= 15 is 0 Å². The molecule has 29 heavy (non-hydrogen) atoms. The van der Waals surface area contributed by atoms with Crippen LogP contribution in [-0.2, 0) is 6.42 Å². The van der Waals surface area contributed by atoms with Gasteiger partial charge in [0.15, 0.2) is 5.79 Å². The quantitative estimate of drug-likeness (QED) is 0.496. The molecule has 0 radical (unpaired) electrons. The maximum atomic E-state index is 8.08. The highest BCUT2D eigenvalue weighted by Crippen LogP contribution is 2.38. The van der Waals surface area contributed by atoms with Crippen molar-refractivity contribution >= 4 is 22.7 Å². The molecular formula is C21H30N6O2. The van der Waals surface area contributed by atoms with E-state index in [1.807, 2.05) is 12.1 Å². The van der Waals surface area contributed by atoms with Crippen LogP contribution in [0, 0.1) is 5.92 Å². The molecule has 8 heteroatoms. The Morgan fingerprint density at radius 3 is 2.62 bits per heavy atom. The summed E-state index contributed by atoms with van der Waals surface area (Å²) in [6, 6.07) is 6.56. The first-order valence-corrected chi connectivity index (χ1v) is 9.93. The van der Waals surface area contributed by atoms with E-state index in [1.165, 1.54) is 45.1 Å². The van der Waals surface area contributed by atoms with Gasteiger partial charge in [-0.05, 0) is 75.6 Å². The summed E-state index contributed by atoms with van der Waals surface area (Å²) in [6.45, 7) is 2.60. The number of nitrogens with two attached hydrogens (primary N) is 2. The number of nitrogens with zero attached hydrogens (tertiary/aromatic N) is 4. The van der Waals surface area contributed by atoms with Crippen LogP contribution in [0.3, 0.4) is 0 Å². The van der Waals surface area contributed by atoms with Crippen molar-refractivity contribution in [2.24, 2.45) is 5.92 Å². The third-order valence-corrected chi connectivity index (χ3v) is 5.13. The lowest BCUT2D eigenvalue weighted by molar-refractivity contribution is -0.127. The van der Waals surface area contributed by atoms with Crippen LogP contribution in [0.2, 0.25) is 0 Å². The summed E-state index contributed by atoms with van der Waals surface area (Å²) in [5.74, 6) is 0.400. The molecule has 3 aromatic rings. The molecule has 0 aromatic carbocycles. The van der Waals surface area contributed by atoms with Crippen LogP contribution >= 0.6 is 0 Å². The van der Waals surface area contributed by atoms with Crippen LogP contribution in [0.25, 0.3) is 11.0 Å². The van der Waals surface area contributed by atoms with E-state index < -0.39 is 5.79 Å². The Labute approximate surface area is 170 Å². The van der Waals surface area contributed by atoms with E-state index in [2.05, 4.69) is 31.8 Å². The summed E-state index contributed by atoms with van der Waals surface area (Å²) in [5.41, 5.74) is 13.9. The van der Waals surface area contributed by atoms with Crippen molar-refractivity contribution in [1.82, 2.24) is 19.5 Å². The van der Waals surface area contributed by atoms with Crippen LogP contribution in [0.1, 0.15) is 51.1 Å². The average Bonchev–Trinajstić information content (AvgIpc) is 3.26. The third kappa shape index (κ3) is 5.88. The number of aryl methyl sites for hydroxylation is 1. The highest BCUT2D eigenvalue weighted by molar-refractivity contribution is 5.86. The number of aliphatic hydroxyl groups is 2. The Balaban J connectivity index is 0.000000431. The van der Waals surface area contributed by atoms with Crippen LogP contribution in [-0.4, -0.2) is 35.5 Å². The molecule has 0 spiro atoms. The Morgan fingerprint density at radius 1 is 1.14 bits per heavy atom. The molecule has 8 nitrogen and oxygen atoms in total. The fourth-order valence-corrected chi connectivity index (χ4v) is 3.87. The van der Waals surface area contributed by atoms with E-state index in [0.29, 0.717) is 17.7 Å². The van der Waals surface area contributed by atoms with Crippen molar-refractivity contribution in [2.75, 3.05) is 11.5 Å². The van der Waals surface area contributed by atoms with Gasteiger partial charge in [0.2, 0.25) is 0 Å². The molecule has 2 atom stereocenters. The largest absolute Gasteiger partial charge is 0.384 e. The second-order valence-corrected chi connectivity index (χ2v) is 8.17. The monoisotopic (exact) mass is 398 g/mol. The number of aromatic nitrogens is 4. The lowest BCUT2D eigenvalue weighted by Crippen LogP contribution is -2.15. The van der Waals surface area contributed by atoms with Gasteiger partial charge in [0.1, 0.15) is 23.6 Å². The van der Waals surface area contributed by atoms with Crippen LogP contribution in [0.5, 0.6) is 0 Å². The maximum absolute atomic E-state index is 8.08. The van der Waals surface area contributed by atoms with Crippen molar-refractivity contribution in [3.63, 3.8) is 0 Å². The summed E-state index contributed by atoms with van der Waals surface area (Å²) >= 11 is 0. The number of anilines is 2. The van der Waals surface area contributed by atoms with Gasteiger partial charge in [0, 0.05) is 18.4 Å². The fourth-order valence-electron chi connectivity index (χ4n) is 3.87. The van der Waals surface area contributed by atoms with E-state index in [9.17, 15) is 0 Å². The molecule has 4 rings (SSSR count). The van der Waals surface area contributed by atoms with Gasteiger partial charge < -0.3 is 26.2 Å². The molecule has 0 amide bonds. The number of hydrogen-bond donors (Lipinski definition) is 4. The fraction of sp³-hybridized carbons (Fsp3) is 0.476. The van der Waals surface area contributed by atoms with Crippen LogP contribution < -0.4 is 11.5 Å². The molecule has 6 N–H and O–H groups in total. The molecule has 1 saturated carbocycles. The first-order chi connectivity index (χ1) is 13.7. The summed E-state index contributed by atoms with van der Waals surface area (Å²) in [6.07, 6.45) is 11.3. The standard InChI is InChI=1S/C18H22N6.C3H8O2/c19-16-10-13(5-7-21-16)2-1-12-3-4-14(9-12)24-8-6-15-17(20)22-11-23-18(15)24;1-3(2,4)5/h5-8,10-12,14H,1-4,9H2,(H2,19,21)(H2,20,22,23);4-5H,1-2H3. The number of rotatable bonds is 4. The second-order valence-electron chi connectivity index (χ2n) is 8.17. The first kappa shape index (κ1) is 21.0. The van der Waals surface area contributed by atoms with Crippen LogP contribution in [0.15, 0.2) is 36.9 Å². The first-order valence-electron chi connectivity index (χ1n) is 9.93. The topological polar surface area (TPSA) is 136 Å². The summed E-state index contributed by atoms with van der Waals surface area (Å²) in [5, 5.41) is 17.1. The Hall–Kier alpha value is -2.71. The van der Waals surface area contributed by atoms with E-state index in [1.54, 1.807) is 12.5 Å². The number of fused-ring (bicyclic) bond motifs is 1. The summed E-state index contributed by atoms with van der Waals surface area (Å²) < 4.78 is 2.28. The van der Waals surface area contributed by atoms with Crippen molar-refractivity contribution in [3.8, 4) is 0 Å². The molecule has 3 aromatic heterocycles. The predicted octanol–water partition coefficient (Wildman–Crippen LogP) is 2.67. The number of pyridine rings is 1. The molecule has 1 fully saturated rings. The molecule has 0 aliphatic heterocycles. The molecule has 3 heterocycles. The molecular weight excluding hydrogens is 368 g/mol. The van der Waals surface area contributed by atoms with E-state index in [0.717, 1.165) is 23.4 Å². The lowest BCUT2D eigenvalue weighted by Gasteiger charge is -2.14. The smallest absolute Gasteiger partial charge is 0.156 e. The van der Waals surface area contributed by atoms with Gasteiger partial charge in [-0.25, -0.2) is 15.0 Å². The van der Waals surface area contributed by atoms with Crippen LogP contribution in [0.4, 0.5) is 11.6 Å². The van der Waals surface area contributed by atoms with Gasteiger partial charge in [-0.3, -0.25) is 0 Å². The van der Waals surface area contributed by atoms with Gasteiger partial charge in [0.25, 0.3) is 0 Å². The van der Waals surface area contributed by atoms with E-state index in [-0.39, 0.29) is 0 Å². The molecule has 0 bridgehead atoms. The van der Waals surface area contributed by atoms with Crippen molar-refractivity contribution in [3.05, 3.63) is 42.5 Å².